The first-order chi connectivity index (χ1) is 4.61. The van der Waals surface area contributed by atoms with E-state index >= 15 is 0 Å². The van der Waals surface area contributed by atoms with E-state index in [0.717, 1.165) is 0 Å². The van der Waals surface area contributed by atoms with Gasteiger partial charge in [-0.2, -0.15) is 10.1 Å². The molecule has 1 atom stereocenters. The third-order valence-corrected chi connectivity index (χ3v) is 1.22. The first kappa shape index (κ1) is 7.01. The fraction of sp³-hybridized carbons (Fsp3) is 0.600. The van der Waals surface area contributed by atoms with Crippen LogP contribution < -0.4 is 11.5 Å². The van der Waals surface area contributed by atoms with Gasteiger partial charge in [0.1, 0.15) is 0 Å². The molecule has 0 aromatic carbocycles. The SMILES string of the molecule is CC(N)c1nc(N)n(C)n1. The molecule has 4 N–H and O–H groups in total. The number of hydrogen-bond donors (Lipinski definition) is 2. The Morgan fingerprint density at radius 2 is 2.20 bits per heavy atom. The molecule has 0 radical (unpaired) electrons. The lowest BCUT2D eigenvalue weighted by Crippen LogP contribution is -2.07. The van der Waals surface area contributed by atoms with Crippen molar-refractivity contribution in [3.8, 4) is 0 Å². The van der Waals surface area contributed by atoms with Gasteiger partial charge in [-0.1, -0.05) is 0 Å². The van der Waals surface area contributed by atoms with Gasteiger partial charge in [0.25, 0.3) is 0 Å². The van der Waals surface area contributed by atoms with Gasteiger partial charge in [-0.15, -0.1) is 0 Å². The van der Waals surface area contributed by atoms with Gasteiger partial charge in [0.05, 0.1) is 6.04 Å². The van der Waals surface area contributed by atoms with Crippen molar-refractivity contribution in [2.45, 2.75) is 13.0 Å². The summed E-state index contributed by atoms with van der Waals surface area (Å²) in [6.45, 7) is 1.81. The number of aromatic nitrogens is 3. The smallest absolute Gasteiger partial charge is 0.218 e. The molecular weight excluding hydrogens is 130 g/mol. The Balaban J connectivity index is 2.98. The third-order valence-electron chi connectivity index (χ3n) is 1.22. The fourth-order valence-electron chi connectivity index (χ4n) is 0.610. The molecule has 0 saturated carbocycles. The summed E-state index contributed by atoms with van der Waals surface area (Å²) in [5.41, 5.74) is 10.9. The predicted octanol–water partition coefficient (Wildman–Crippen LogP) is -0.583. The van der Waals surface area contributed by atoms with Gasteiger partial charge in [-0.25, -0.2) is 4.68 Å². The number of rotatable bonds is 1. The number of hydrogen-bond acceptors (Lipinski definition) is 4. The van der Waals surface area contributed by atoms with Crippen molar-refractivity contribution in [2.75, 3.05) is 5.73 Å². The summed E-state index contributed by atoms with van der Waals surface area (Å²) in [6.07, 6.45) is 0. The molecule has 0 aliphatic carbocycles. The molecule has 0 aliphatic heterocycles. The molecule has 1 rings (SSSR count). The van der Waals surface area contributed by atoms with Crippen LogP contribution in [-0.2, 0) is 7.05 Å². The lowest BCUT2D eigenvalue weighted by molar-refractivity contribution is 0.696. The van der Waals surface area contributed by atoms with E-state index in [4.69, 9.17) is 11.5 Å². The van der Waals surface area contributed by atoms with E-state index in [9.17, 15) is 0 Å². The molecule has 0 spiro atoms. The normalized spacial score (nSPS) is 13.5. The van der Waals surface area contributed by atoms with Crippen molar-refractivity contribution in [3.05, 3.63) is 5.82 Å². The van der Waals surface area contributed by atoms with Crippen LogP contribution in [0, 0.1) is 0 Å². The zero-order valence-electron chi connectivity index (χ0n) is 6.07. The third kappa shape index (κ3) is 1.08. The molecule has 0 aliphatic rings. The molecule has 56 valence electrons. The summed E-state index contributed by atoms with van der Waals surface area (Å²) in [5, 5.41) is 3.97. The quantitative estimate of drug-likeness (QED) is 0.548. The highest BCUT2D eigenvalue weighted by Crippen LogP contribution is 2.04. The molecule has 1 unspecified atom stereocenters. The van der Waals surface area contributed by atoms with Gasteiger partial charge < -0.3 is 11.5 Å². The van der Waals surface area contributed by atoms with E-state index in [1.165, 1.54) is 4.68 Å². The molecule has 5 heteroatoms. The first-order valence-corrected chi connectivity index (χ1v) is 3.03. The van der Waals surface area contributed by atoms with E-state index in [1.807, 2.05) is 6.92 Å². The summed E-state index contributed by atoms with van der Waals surface area (Å²) in [6, 6.07) is -0.150. The van der Waals surface area contributed by atoms with E-state index in [-0.39, 0.29) is 6.04 Å². The highest BCUT2D eigenvalue weighted by molar-refractivity contribution is 5.16. The van der Waals surface area contributed by atoms with Crippen LogP contribution in [0.15, 0.2) is 0 Å². The Hall–Kier alpha value is -1.10. The standard InChI is InChI=1S/C5H11N5/c1-3(6)4-8-5(7)10(2)9-4/h3H,6H2,1-2H3,(H2,7,8,9). The molecule has 0 fully saturated rings. The van der Waals surface area contributed by atoms with Gasteiger partial charge >= 0.3 is 0 Å². The van der Waals surface area contributed by atoms with Crippen molar-refractivity contribution in [2.24, 2.45) is 12.8 Å². The van der Waals surface area contributed by atoms with Crippen LogP contribution in [0.1, 0.15) is 18.8 Å². The summed E-state index contributed by atoms with van der Waals surface area (Å²) >= 11 is 0. The maximum atomic E-state index is 5.50. The maximum Gasteiger partial charge on any atom is 0.218 e. The van der Waals surface area contributed by atoms with E-state index in [1.54, 1.807) is 7.05 Å². The van der Waals surface area contributed by atoms with Gasteiger partial charge in [0.15, 0.2) is 5.82 Å². The van der Waals surface area contributed by atoms with Crippen LogP contribution in [0.5, 0.6) is 0 Å². The Morgan fingerprint density at radius 1 is 1.60 bits per heavy atom. The van der Waals surface area contributed by atoms with E-state index in [0.29, 0.717) is 11.8 Å². The second-order valence-electron chi connectivity index (χ2n) is 2.24. The Bertz CT molecular complexity index is 206. The van der Waals surface area contributed by atoms with E-state index in [2.05, 4.69) is 10.1 Å². The minimum Gasteiger partial charge on any atom is -0.368 e. The summed E-state index contributed by atoms with van der Waals surface area (Å²) in [5.74, 6) is 0.979. The van der Waals surface area contributed by atoms with Gasteiger partial charge in [-0.05, 0) is 6.92 Å². The van der Waals surface area contributed by atoms with Crippen molar-refractivity contribution in [1.29, 1.82) is 0 Å². The highest BCUT2D eigenvalue weighted by Gasteiger charge is 2.06. The molecule has 10 heavy (non-hydrogen) atoms. The zero-order valence-corrected chi connectivity index (χ0v) is 6.07. The Kier molecular flexibility index (Phi) is 1.58. The summed E-state index contributed by atoms with van der Waals surface area (Å²) < 4.78 is 1.50. The van der Waals surface area contributed by atoms with Crippen LogP contribution >= 0.6 is 0 Å². The van der Waals surface area contributed by atoms with Crippen LogP contribution in [-0.4, -0.2) is 14.8 Å². The molecule has 1 aromatic heterocycles. The van der Waals surface area contributed by atoms with Gasteiger partial charge in [0, 0.05) is 7.05 Å². The molecule has 5 nitrogen and oxygen atoms in total. The summed E-state index contributed by atoms with van der Waals surface area (Å²) in [4.78, 5) is 3.91. The van der Waals surface area contributed by atoms with Crippen LogP contribution in [0.2, 0.25) is 0 Å². The number of aryl methyl sites for hydroxylation is 1. The monoisotopic (exact) mass is 141 g/mol. The zero-order chi connectivity index (χ0) is 7.72. The van der Waals surface area contributed by atoms with Crippen molar-refractivity contribution in [1.82, 2.24) is 14.8 Å². The lowest BCUT2D eigenvalue weighted by atomic mass is 10.3. The molecule has 0 bridgehead atoms. The molecule has 0 saturated heterocycles. The number of nitrogens with two attached hydrogens (primary N) is 2. The second-order valence-corrected chi connectivity index (χ2v) is 2.24. The van der Waals surface area contributed by atoms with E-state index < -0.39 is 0 Å². The van der Waals surface area contributed by atoms with Crippen LogP contribution in [0.25, 0.3) is 0 Å². The van der Waals surface area contributed by atoms with Crippen molar-refractivity contribution >= 4 is 5.95 Å². The number of anilines is 1. The number of nitrogens with zero attached hydrogens (tertiary/aromatic N) is 3. The van der Waals surface area contributed by atoms with Gasteiger partial charge in [-0.3, -0.25) is 0 Å². The molecule has 0 amide bonds. The lowest BCUT2D eigenvalue weighted by Gasteiger charge is -1.93. The average Bonchev–Trinajstić information content (AvgIpc) is 2.13. The molecular formula is C5H11N5. The Morgan fingerprint density at radius 3 is 2.40 bits per heavy atom. The van der Waals surface area contributed by atoms with Crippen LogP contribution in [0.3, 0.4) is 0 Å². The van der Waals surface area contributed by atoms with Crippen LogP contribution in [0.4, 0.5) is 5.95 Å². The average molecular weight is 141 g/mol. The maximum absolute atomic E-state index is 5.50. The first-order valence-electron chi connectivity index (χ1n) is 3.03. The van der Waals surface area contributed by atoms with Gasteiger partial charge in [0.2, 0.25) is 5.95 Å². The molecule has 1 heterocycles. The number of nitrogen functional groups attached to an aromatic ring is 1. The largest absolute Gasteiger partial charge is 0.368 e. The fourth-order valence-corrected chi connectivity index (χ4v) is 0.610. The predicted molar refractivity (Wildman–Crippen MR) is 38.0 cm³/mol. The topological polar surface area (TPSA) is 82.7 Å². The second kappa shape index (κ2) is 2.26. The Labute approximate surface area is 59.0 Å². The minimum atomic E-state index is -0.150. The van der Waals surface area contributed by atoms with Crippen molar-refractivity contribution < 1.29 is 0 Å². The molecule has 1 aromatic rings. The minimum absolute atomic E-state index is 0.150. The summed E-state index contributed by atoms with van der Waals surface area (Å²) in [7, 11) is 1.73. The highest BCUT2D eigenvalue weighted by atomic mass is 15.4. The van der Waals surface area contributed by atoms with Crippen molar-refractivity contribution in [3.63, 3.8) is 0 Å².